The zero-order valence-corrected chi connectivity index (χ0v) is 19.0. The summed E-state index contributed by atoms with van der Waals surface area (Å²) in [7, 11) is 0. The van der Waals surface area contributed by atoms with Gasteiger partial charge in [0, 0.05) is 11.2 Å². The number of hydrogen-bond acceptors (Lipinski definition) is 4. The van der Waals surface area contributed by atoms with Crippen LogP contribution in [-0.2, 0) is 13.2 Å². The Kier molecular flexibility index (Phi) is 6.44. The largest absolute Gasteiger partial charge is 0.486 e. The minimum atomic E-state index is -0.398. The van der Waals surface area contributed by atoms with Crippen molar-refractivity contribution in [2.75, 3.05) is 5.32 Å². The Morgan fingerprint density at radius 3 is 2.84 bits per heavy atom. The zero-order valence-electron chi connectivity index (χ0n) is 16.6. The molecule has 2 aromatic heterocycles. The molecule has 6 nitrogen and oxygen atoms in total. The van der Waals surface area contributed by atoms with Gasteiger partial charge in [0.05, 0.1) is 11.0 Å². The molecule has 0 saturated carbocycles. The number of nitrogens with zero attached hydrogens (tertiary/aromatic N) is 2. The molecule has 0 aliphatic carbocycles. The molecule has 0 radical (unpaired) electrons. The minimum Gasteiger partial charge on any atom is -0.486 e. The van der Waals surface area contributed by atoms with E-state index in [1.54, 1.807) is 23.0 Å². The first-order valence-electron chi connectivity index (χ1n) is 9.54. The molecule has 31 heavy (non-hydrogen) atoms. The summed E-state index contributed by atoms with van der Waals surface area (Å²) in [5.74, 6) is 1.47. The number of furan rings is 1. The third-order valence-electron chi connectivity index (χ3n) is 4.50. The summed E-state index contributed by atoms with van der Waals surface area (Å²) >= 11 is 9.64. The minimum absolute atomic E-state index is 0.176. The predicted molar refractivity (Wildman–Crippen MR) is 123 cm³/mol. The van der Waals surface area contributed by atoms with E-state index in [2.05, 4.69) is 26.3 Å². The van der Waals surface area contributed by atoms with Gasteiger partial charge in [0.1, 0.15) is 18.1 Å². The van der Waals surface area contributed by atoms with E-state index in [0.717, 1.165) is 16.9 Å². The van der Waals surface area contributed by atoms with Gasteiger partial charge in [0.25, 0.3) is 5.91 Å². The van der Waals surface area contributed by atoms with E-state index in [4.69, 9.17) is 20.8 Å². The summed E-state index contributed by atoms with van der Waals surface area (Å²) in [6, 6.07) is 18.6. The monoisotopic (exact) mass is 499 g/mol. The number of ether oxygens (including phenoxy) is 1. The summed E-state index contributed by atoms with van der Waals surface area (Å²) in [6.45, 7) is 2.71. The number of aryl methyl sites for hydroxylation is 1. The van der Waals surface area contributed by atoms with Crippen molar-refractivity contribution in [1.29, 1.82) is 0 Å². The fraction of sp³-hybridized carbons (Fsp3) is 0.130. The van der Waals surface area contributed by atoms with E-state index in [0.29, 0.717) is 27.6 Å². The Morgan fingerprint density at radius 1 is 1.19 bits per heavy atom. The molecule has 2 heterocycles. The van der Waals surface area contributed by atoms with Crippen LogP contribution in [0.1, 0.15) is 27.4 Å². The molecular weight excluding hydrogens is 482 g/mol. The molecule has 0 fully saturated rings. The van der Waals surface area contributed by atoms with Crippen molar-refractivity contribution in [2.45, 2.75) is 20.1 Å². The predicted octanol–water partition coefficient (Wildman–Crippen LogP) is 6.08. The summed E-state index contributed by atoms with van der Waals surface area (Å²) in [5, 5.41) is 7.83. The van der Waals surface area contributed by atoms with Gasteiger partial charge < -0.3 is 14.5 Å². The standard InChI is InChI=1S/C23H19BrClN3O3/c1-15-5-4-7-17(11-15)30-14-18-9-10-21(31-18)23(29)26-22-19(24)13-28(27-22)12-16-6-2-3-8-20(16)25/h2-11,13H,12,14H2,1H3,(H,26,27,29). The fourth-order valence-corrected chi connectivity index (χ4v) is 3.58. The van der Waals surface area contributed by atoms with Gasteiger partial charge in [0.15, 0.2) is 11.6 Å². The number of carbonyl (C=O) groups excluding carboxylic acids is 1. The molecule has 2 aromatic carbocycles. The van der Waals surface area contributed by atoms with E-state index < -0.39 is 5.91 Å². The molecule has 158 valence electrons. The second kappa shape index (κ2) is 9.41. The quantitative estimate of drug-likeness (QED) is 0.334. The van der Waals surface area contributed by atoms with Crippen LogP contribution >= 0.6 is 27.5 Å². The van der Waals surface area contributed by atoms with Crippen LogP contribution in [0.15, 0.2) is 75.8 Å². The van der Waals surface area contributed by atoms with Gasteiger partial charge in [-0.2, -0.15) is 5.10 Å². The molecule has 8 heteroatoms. The molecule has 0 bridgehead atoms. The topological polar surface area (TPSA) is 69.3 Å². The lowest BCUT2D eigenvalue weighted by Gasteiger charge is -2.05. The second-order valence-electron chi connectivity index (χ2n) is 6.94. The summed E-state index contributed by atoms with van der Waals surface area (Å²) < 4.78 is 13.7. The zero-order chi connectivity index (χ0) is 21.8. The number of rotatable bonds is 7. The van der Waals surface area contributed by atoms with Crippen LogP contribution in [0.4, 0.5) is 5.82 Å². The number of benzene rings is 2. The van der Waals surface area contributed by atoms with Crippen LogP contribution in [0.2, 0.25) is 5.02 Å². The first-order valence-corrected chi connectivity index (χ1v) is 10.7. The lowest BCUT2D eigenvalue weighted by atomic mass is 10.2. The number of amides is 1. The second-order valence-corrected chi connectivity index (χ2v) is 8.20. The maximum absolute atomic E-state index is 12.6. The molecule has 0 spiro atoms. The van der Waals surface area contributed by atoms with Crippen molar-refractivity contribution in [3.8, 4) is 5.75 Å². The Balaban J connectivity index is 1.38. The third-order valence-corrected chi connectivity index (χ3v) is 5.44. The number of anilines is 1. The molecule has 4 aromatic rings. The molecule has 1 amide bonds. The maximum Gasteiger partial charge on any atom is 0.292 e. The average Bonchev–Trinajstić information content (AvgIpc) is 3.35. The van der Waals surface area contributed by atoms with Crippen LogP contribution in [0, 0.1) is 6.92 Å². The van der Waals surface area contributed by atoms with Crippen molar-refractivity contribution in [3.63, 3.8) is 0 Å². The van der Waals surface area contributed by atoms with Gasteiger partial charge in [0.2, 0.25) is 0 Å². The van der Waals surface area contributed by atoms with Crippen molar-refractivity contribution < 1.29 is 13.9 Å². The third kappa shape index (κ3) is 5.37. The number of carbonyl (C=O) groups is 1. The molecule has 4 rings (SSSR count). The summed E-state index contributed by atoms with van der Waals surface area (Å²) in [4.78, 5) is 12.6. The highest BCUT2D eigenvalue weighted by Gasteiger charge is 2.16. The van der Waals surface area contributed by atoms with Crippen LogP contribution < -0.4 is 10.1 Å². The van der Waals surface area contributed by atoms with Crippen LogP contribution in [0.5, 0.6) is 5.75 Å². The van der Waals surface area contributed by atoms with Gasteiger partial charge >= 0.3 is 0 Å². The SMILES string of the molecule is Cc1cccc(OCc2ccc(C(=O)Nc3nn(Cc4ccccc4Cl)cc3Br)o2)c1. The lowest BCUT2D eigenvalue weighted by Crippen LogP contribution is -2.12. The number of aromatic nitrogens is 2. The van der Waals surface area contributed by atoms with Gasteiger partial charge in [-0.3, -0.25) is 9.48 Å². The summed E-state index contributed by atoms with van der Waals surface area (Å²) in [6.07, 6.45) is 1.78. The first-order chi connectivity index (χ1) is 15.0. The Morgan fingerprint density at radius 2 is 2.03 bits per heavy atom. The Hall–Kier alpha value is -3.03. The van der Waals surface area contributed by atoms with E-state index in [1.807, 2.05) is 55.5 Å². The van der Waals surface area contributed by atoms with Crippen LogP contribution in [0.3, 0.4) is 0 Å². The molecule has 0 saturated heterocycles. The van der Waals surface area contributed by atoms with Gasteiger partial charge in [-0.15, -0.1) is 0 Å². The maximum atomic E-state index is 12.6. The molecule has 0 aliphatic heterocycles. The Bertz CT molecular complexity index is 1220. The lowest BCUT2D eigenvalue weighted by molar-refractivity contribution is 0.0992. The van der Waals surface area contributed by atoms with E-state index in [9.17, 15) is 4.79 Å². The highest BCUT2D eigenvalue weighted by molar-refractivity contribution is 9.10. The van der Waals surface area contributed by atoms with Gasteiger partial charge in [-0.1, -0.05) is 41.9 Å². The van der Waals surface area contributed by atoms with Crippen molar-refractivity contribution >= 4 is 39.3 Å². The van der Waals surface area contributed by atoms with Gasteiger partial charge in [-0.05, 0) is 64.3 Å². The smallest absolute Gasteiger partial charge is 0.292 e. The van der Waals surface area contributed by atoms with E-state index in [1.165, 1.54) is 0 Å². The van der Waals surface area contributed by atoms with Gasteiger partial charge in [-0.25, -0.2) is 0 Å². The Labute approximate surface area is 192 Å². The molecule has 0 atom stereocenters. The first kappa shape index (κ1) is 21.2. The fourth-order valence-electron chi connectivity index (χ4n) is 2.97. The molecule has 0 unspecified atom stereocenters. The van der Waals surface area contributed by atoms with Crippen molar-refractivity contribution in [3.05, 3.63) is 99.0 Å². The van der Waals surface area contributed by atoms with Crippen LogP contribution in [-0.4, -0.2) is 15.7 Å². The average molecular weight is 501 g/mol. The molecule has 0 aliphatic rings. The number of nitrogens with one attached hydrogen (secondary N) is 1. The van der Waals surface area contributed by atoms with Crippen molar-refractivity contribution in [1.82, 2.24) is 9.78 Å². The van der Waals surface area contributed by atoms with Crippen LogP contribution in [0.25, 0.3) is 0 Å². The molecular formula is C23H19BrClN3O3. The number of hydrogen-bond donors (Lipinski definition) is 1. The summed E-state index contributed by atoms with van der Waals surface area (Å²) in [5.41, 5.74) is 2.04. The highest BCUT2D eigenvalue weighted by atomic mass is 79.9. The molecule has 1 N–H and O–H groups in total. The normalized spacial score (nSPS) is 10.8. The van der Waals surface area contributed by atoms with E-state index >= 15 is 0 Å². The van der Waals surface area contributed by atoms with Crippen molar-refractivity contribution in [2.24, 2.45) is 0 Å². The number of halogens is 2. The highest BCUT2D eigenvalue weighted by Crippen LogP contribution is 2.23. The van der Waals surface area contributed by atoms with E-state index in [-0.39, 0.29) is 12.4 Å².